The maximum atomic E-state index is 13.2. The summed E-state index contributed by atoms with van der Waals surface area (Å²) >= 11 is 9.06. The van der Waals surface area contributed by atoms with Crippen LogP contribution in [0.1, 0.15) is 6.42 Å². The van der Waals surface area contributed by atoms with Crippen molar-refractivity contribution >= 4 is 44.8 Å². The van der Waals surface area contributed by atoms with Crippen LogP contribution in [0.15, 0.2) is 12.1 Å². The second kappa shape index (κ2) is 4.82. The van der Waals surface area contributed by atoms with E-state index in [1.165, 1.54) is 6.07 Å². The fourth-order valence-electron chi connectivity index (χ4n) is 1.90. The molecule has 1 aliphatic rings. The lowest BCUT2D eigenvalue weighted by Crippen LogP contribution is -2.25. The van der Waals surface area contributed by atoms with Crippen molar-refractivity contribution in [2.75, 3.05) is 22.5 Å². The maximum absolute atomic E-state index is 13.2. The second-order valence-electron chi connectivity index (χ2n) is 4.05. The Bertz CT molecular complexity index is 469. The van der Waals surface area contributed by atoms with Crippen LogP contribution in [0.5, 0.6) is 0 Å². The maximum Gasteiger partial charge on any atom is 0.227 e. The molecule has 0 aromatic heterocycles. The van der Waals surface area contributed by atoms with Crippen LogP contribution < -0.4 is 10.6 Å². The predicted molar refractivity (Wildman–Crippen MR) is 70.1 cm³/mol. The van der Waals surface area contributed by atoms with Gasteiger partial charge in [0.25, 0.3) is 0 Å². The SMILES string of the molecule is Nc1cc(F)c(Cl)cc1N1CC(CBr)CC1=O. The molecule has 0 spiro atoms. The number of amides is 1. The summed E-state index contributed by atoms with van der Waals surface area (Å²) < 4.78 is 13.2. The largest absolute Gasteiger partial charge is 0.397 e. The molecule has 1 unspecified atom stereocenters. The Balaban J connectivity index is 2.35. The molecule has 0 aliphatic carbocycles. The minimum absolute atomic E-state index is 0.0103. The van der Waals surface area contributed by atoms with E-state index in [0.29, 0.717) is 18.7 Å². The summed E-state index contributed by atoms with van der Waals surface area (Å²) in [4.78, 5) is 13.4. The predicted octanol–water partition coefficient (Wildman–Crippen LogP) is 2.81. The van der Waals surface area contributed by atoms with Crippen LogP contribution in [-0.4, -0.2) is 17.8 Å². The van der Waals surface area contributed by atoms with Crippen LogP contribution >= 0.6 is 27.5 Å². The fourth-order valence-corrected chi connectivity index (χ4v) is 2.49. The minimum Gasteiger partial charge on any atom is -0.397 e. The molecule has 0 bridgehead atoms. The first-order valence-electron chi connectivity index (χ1n) is 5.13. The minimum atomic E-state index is -0.573. The van der Waals surface area contributed by atoms with Gasteiger partial charge in [-0.05, 0) is 12.0 Å². The summed E-state index contributed by atoms with van der Waals surface area (Å²) in [6.07, 6.45) is 0.472. The van der Waals surface area contributed by atoms with Crippen molar-refractivity contribution in [3.05, 3.63) is 23.0 Å². The second-order valence-corrected chi connectivity index (χ2v) is 5.11. The highest BCUT2D eigenvalue weighted by Gasteiger charge is 2.31. The van der Waals surface area contributed by atoms with Gasteiger partial charge in [0.05, 0.1) is 16.4 Å². The fraction of sp³-hybridized carbons (Fsp3) is 0.364. The molecule has 2 N–H and O–H groups in total. The molecule has 1 atom stereocenters. The van der Waals surface area contributed by atoms with Gasteiger partial charge in [-0.3, -0.25) is 4.79 Å². The summed E-state index contributed by atoms with van der Waals surface area (Å²) in [7, 11) is 0. The van der Waals surface area contributed by atoms with E-state index >= 15 is 0 Å². The Morgan fingerprint density at radius 1 is 1.59 bits per heavy atom. The lowest BCUT2D eigenvalue weighted by molar-refractivity contribution is -0.117. The standard InChI is InChI=1S/C11H11BrClFN2O/c12-4-6-1-11(17)16(5-6)10-2-7(13)8(14)3-9(10)15/h2-3,6H,1,4-5,15H2. The Hall–Kier alpha value is -0.810. The number of hydrogen-bond acceptors (Lipinski definition) is 2. The van der Waals surface area contributed by atoms with Crippen LogP contribution in [0.4, 0.5) is 15.8 Å². The molecule has 6 heteroatoms. The third kappa shape index (κ3) is 2.40. The van der Waals surface area contributed by atoms with Gasteiger partial charge in [0, 0.05) is 24.4 Å². The van der Waals surface area contributed by atoms with E-state index in [1.54, 1.807) is 4.90 Å². The Kier molecular flexibility index (Phi) is 3.58. The average Bonchev–Trinajstić information content (AvgIpc) is 2.65. The van der Waals surface area contributed by atoms with Gasteiger partial charge in [-0.1, -0.05) is 27.5 Å². The summed E-state index contributed by atoms with van der Waals surface area (Å²) in [5.74, 6) is -0.328. The number of nitrogens with two attached hydrogens (primary N) is 1. The molecule has 3 nitrogen and oxygen atoms in total. The molecule has 0 saturated carbocycles. The molecule has 0 radical (unpaired) electrons. The summed E-state index contributed by atoms with van der Waals surface area (Å²) in [6.45, 7) is 0.580. The van der Waals surface area contributed by atoms with Crippen molar-refractivity contribution in [1.29, 1.82) is 0 Å². The summed E-state index contributed by atoms with van der Waals surface area (Å²) in [5.41, 5.74) is 6.44. The zero-order valence-corrected chi connectivity index (χ0v) is 11.3. The molecule has 1 heterocycles. The number of benzene rings is 1. The van der Waals surface area contributed by atoms with E-state index in [2.05, 4.69) is 15.9 Å². The molecule has 1 amide bonds. The molecule has 1 fully saturated rings. The van der Waals surface area contributed by atoms with Gasteiger partial charge in [-0.2, -0.15) is 0 Å². The Morgan fingerprint density at radius 3 is 2.88 bits per heavy atom. The van der Waals surface area contributed by atoms with Gasteiger partial charge in [0.1, 0.15) is 5.82 Å². The molecule has 1 aromatic carbocycles. The molecular weight excluding hydrogens is 310 g/mol. The van der Waals surface area contributed by atoms with Gasteiger partial charge < -0.3 is 10.6 Å². The Morgan fingerprint density at radius 2 is 2.29 bits per heavy atom. The number of nitrogens with zero attached hydrogens (tertiary/aromatic N) is 1. The molecule has 1 saturated heterocycles. The van der Waals surface area contributed by atoms with Crippen LogP contribution in [0.25, 0.3) is 0 Å². The molecule has 1 aliphatic heterocycles. The first-order chi connectivity index (χ1) is 8.02. The first-order valence-corrected chi connectivity index (χ1v) is 6.63. The number of hydrogen-bond donors (Lipinski definition) is 1. The quantitative estimate of drug-likeness (QED) is 0.672. The van der Waals surface area contributed by atoms with Crippen LogP contribution in [-0.2, 0) is 4.79 Å². The lowest BCUT2D eigenvalue weighted by Gasteiger charge is -2.19. The van der Waals surface area contributed by atoms with Gasteiger partial charge in [-0.15, -0.1) is 0 Å². The van der Waals surface area contributed by atoms with Crippen molar-refractivity contribution in [3.63, 3.8) is 0 Å². The monoisotopic (exact) mass is 320 g/mol. The summed E-state index contributed by atoms with van der Waals surface area (Å²) in [6, 6.07) is 2.55. The third-order valence-electron chi connectivity index (χ3n) is 2.78. The van der Waals surface area contributed by atoms with Crippen LogP contribution in [0.3, 0.4) is 0 Å². The Labute approximate surface area is 112 Å². The highest BCUT2D eigenvalue weighted by Crippen LogP contribution is 2.33. The number of carbonyl (C=O) groups excluding carboxylic acids is 1. The van der Waals surface area contributed by atoms with E-state index in [9.17, 15) is 9.18 Å². The zero-order chi connectivity index (χ0) is 12.6. The third-order valence-corrected chi connectivity index (χ3v) is 3.99. The molecule has 1 aromatic rings. The van der Waals surface area contributed by atoms with Crippen molar-refractivity contribution < 1.29 is 9.18 Å². The smallest absolute Gasteiger partial charge is 0.227 e. The highest BCUT2D eigenvalue weighted by molar-refractivity contribution is 9.09. The van der Waals surface area contributed by atoms with Crippen LogP contribution in [0.2, 0.25) is 5.02 Å². The van der Waals surface area contributed by atoms with Gasteiger partial charge in [-0.25, -0.2) is 4.39 Å². The van der Waals surface area contributed by atoms with Crippen LogP contribution in [0, 0.1) is 11.7 Å². The zero-order valence-electron chi connectivity index (χ0n) is 8.92. The number of halogens is 3. The number of carbonyl (C=O) groups is 1. The van der Waals surface area contributed by atoms with Crippen molar-refractivity contribution in [2.45, 2.75) is 6.42 Å². The highest BCUT2D eigenvalue weighted by atomic mass is 79.9. The number of anilines is 2. The summed E-state index contributed by atoms with van der Waals surface area (Å²) in [5, 5.41) is 0.730. The average molecular weight is 322 g/mol. The van der Waals surface area contributed by atoms with E-state index in [1.807, 2.05) is 0 Å². The molecular formula is C11H11BrClFN2O. The van der Waals surface area contributed by atoms with E-state index in [0.717, 1.165) is 11.4 Å². The molecule has 92 valence electrons. The van der Waals surface area contributed by atoms with Crippen molar-refractivity contribution in [1.82, 2.24) is 0 Å². The number of rotatable bonds is 2. The molecule has 2 rings (SSSR count). The number of nitrogen functional groups attached to an aromatic ring is 1. The molecule has 17 heavy (non-hydrogen) atoms. The lowest BCUT2D eigenvalue weighted by atomic mass is 10.2. The topological polar surface area (TPSA) is 46.3 Å². The van der Waals surface area contributed by atoms with E-state index in [4.69, 9.17) is 17.3 Å². The first kappa shape index (κ1) is 12.6. The van der Waals surface area contributed by atoms with Crippen molar-refractivity contribution in [3.8, 4) is 0 Å². The normalized spacial score (nSPS) is 20.1. The van der Waals surface area contributed by atoms with Gasteiger partial charge >= 0.3 is 0 Å². The van der Waals surface area contributed by atoms with E-state index < -0.39 is 5.82 Å². The van der Waals surface area contributed by atoms with Gasteiger partial charge in [0.2, 0.25) is 5.91 Å². The van der Waals surface area contributed by atoms with Crippen molar-refractivity contribution in [2.24, 2.45) is 5.92 Å². The van der Waals surface area contributed by atoms with Gasteiger partial charge in [0.15, 0.2) is 0 Å². The number of alkyl halides is 1. The van der Waals surface area contributed by atoms with E-state index in [-0.39, 0.29) is 22.5 Å².